The Morgan fingerprint density at radius 2 is 1.71 bits per heavy atom. The van der Waals surface area contributed by atoms with Gasteiger partial charge >= 0.3 is 17.9 Å². The Hall–Kier alpha value is -2.71. The molecule has 1 aliphatic heterocycles. The number of hydrogen-bond donors (Lipinski definition) is 0. The summed E-state index contributed by atoms with van der Waals surface area (Å²) in [5.41, 5.74) is 0.838. The predicted molar refractivity (Wildman–Crippen MR) is 116 cm³/mol. The summed E-state index contributed by atoms with van der Waals surface area (Å²) < 4.78 is 10.6. The Kier molecular flexibility index (Phi) is 10.2. The molecule has 0 bridgehead atoms. The van der Waals surface area contributed by atoms with E-state index in [1.807, 2.05) is 18.2 Å². The highest BCUT2D eigenvalue weighted by atomic mass is 16.7. The first kappa shape index (κ1) is 24.6. The molecule has 8 heteroatoms. The molecule has 1 atom stereocenters. The molecule has 1 aromatic rings. The smallest absolute Gasteiger partial charge is 0.356 e. The molecule has 1 heterocycles. The Morgan fingerprint density at radius 3 is 2.35 bits per heavy atom. The van der Waals surface area contributed by atoms with Gasteiger partial charge in [0.25, 0.3) is 0 Å². The molecular weight excluding hydrogens is 400 g/mol. The van der Waals surface area contributed by atoms with E-state index in [0.717, 1.165) is 24.8 Å². The molecule has 0 radical (unpaired) electrons. The van der Waals surface area contributed by atoms with Crippen molar-refractivity contribution in [1.29, 1.82) is 0 Å². The van der Waals surface area contributed by atoms with Gasteiger partial charge in [-0.1, -0.05) is 69.4 Å². The van der Waals surface area contributed by atoms with Gasteiger partial charge in [-0.05, 0) is 18.1 Å². The lowest BCUT2D eigenvalue weighted by Crippen LogP contribution is -2.41. The summed E-state index contributed by atoms with van der Waals surface area (Å²) in [7, 11) is 2.61. The number of ether oxygens (including phenoxy) is 2. The van der Waals surface area contributed by atoms with E-state index in [9.17, 15) is 14.4 Å². The average Bonchev–Trinajstić information content (AvgIpc) is 3.00. The lowest BCUT2D eigenvalue weighted by molar-refractivity contribution is -0.156. The van der Waals surface area contributed by atoms with Crippen molar-refractivity contribution in [1.82, 2.24) is 9.96 Å². The molecule has 0 aliphatic carbocycles. The number of benzene rings is 1. The third-order valence-electron chi connectivity index (χ3n) is 5.02. The number of carbonyl (C=O) groups excluding carboxylic acids is 3. The zero-order valence-electron chi connectivity index (χ0n) is 18.5. The zero-order valence-corrected chi connectivity index (χ0v) is 18.5. The van der Waals surface area contributed by atoms with Crippen LogP contribution in [-0.2, 0) is 23.9 Å². The van der Waals surface area contributed by atoms with E-state index in [1.54, 1.807) is 18.2 Å². The zero-order chi connectivity index (χ0) is 22.6. The first-order valence-electron chi connectivity index (χ1n) is 10.7. The van der Waals surface area contributed by atoms with Crippen molar-refractivity contribution in [2.45, 2.75) is 51.6 Å². The van der Waals surface area contributed by atoms with E-state index < -0.39 is 24.0 Å². The van der Waals surface area contributed by atoms with Crippen LogP contribution in [-0.4, -0.2) is 61.3 Å². The summed E-state index contributed by atoms with van der Waals surface area (Å²) in [5.74, 6) is -1.17. The number of nitrogens with zero attached hydrogens (tertiary/aromatic N) is 2. The lowest BCUT2D eigenvalue weighted by Gasteiger charge is -2.21. The highest BCUT2D eigenvalue weighted by molar-refractivity contribution is 6.13. The van der Waals surface area contributed by atoms with E-state index in [0.29, 0.717) is 11.7 Å². The van der Waals surface area contributed by atoms with Crippen molar-refractivity contribution in [3.63, 3.8) is 0 Å². The van der Waals surface area contributed by atoms with Crippen LogP contribution < -0.4 is 0 Å². The summed E-state index contributed by atoms with van der Waals surface area (Å²) in [5, 5.41) is 0.656. The minimum Gasteiger partial charge on any atom is -0.464 e. The van der Waals surface area contributed by atoms with Crippen LogP contribution in [0.2, 0.25) is 0 Å². The van der Waals surface area contributed by atoms with Crippen molar-refractivity contribution in [3.05, 3.63) is 41.6 Å². The van der Waals surface area contributed by atoms with Gasteiger partial charge in [0, 0.05) is 7.11 Å². The van der Waals surface area contributed by atoms with Gasteiger partial charge in [0.15, 0.2) is 6.10 Å². The Labute approximate surface area is 183 Å². The van der Waals surface area contributed by atoms with Crippen LogP contribution in [0.15, 0.2) is 36.0 Å². The molecule has 0 N–H and O–H groups in total. The van der Waals surface area contributed by atoms with Gasteiger partial charge in [0.1, 0.15) is 5.70 Å². The van der Waals surface area contributed by atoms with Crippen LogP contribution in [0, 0.1) is 0 Å². The van der Waals surface area contributed by atoms with Crippen LogP contribution in [0.25, 0.3) is 6.08 Å². The molecule has 1 aromatic carbocycles. The number of hydroxylamine groups is 2. The number of methoxy groups -OCH3 is 1. The maximum atomic E-state index is 12.7. The van der Waals surface area contributed by atoms with Crippen molar-refractivity contribution in [2.75, 3.05) is 27.4 Å². The molecule has 1 aliphatic rings. The molecule has 3 amide bonds. The number of unbranched alkanes of at least 4 members (excludes halogenated alkanes) is 5. The largest absolute Gasteiger partial charge is 0.464 e. The number of carbonyl (C=O) groups is 3. The lowest BCUT2D eigenvalue weighted by atomic mass is 10.1. The third kappa shape index (κ3) is 6.90. The second-order valence-electron chi connectivity index (χ2n) is 7.28. The first-order chi connectivity index (χ1) is 15.0. The summed E-state index contributed by atoms with van der Waals surface area (Å²) in [6.45, 7) is 2.31. The molecule has 0 spiro atoms. The maximum Gasteiger partial charge on any atom is 0.356 e. The maximum absolute atomic E-state index is 12.7. The van der Waals surface area contributed by atoms with Crippen LogP contribution in [0.3, 0.4) is 0 Å². The first-order valence-corrected chi connectivity index (χ1v) is 10.7. The van der Waals surface area contributed by atoms with Crippen LogP contribution >= 0.6 is 0 Å². The number of amides is 3. The Bertz CT molecular complexity index is 765. The number of rotatable bonds is 13. The number of imide groups is 1. The van der Waals surface area contributed by atoms with Gasteiger partial charge in [0.2, 0.25) is 0 Å². The minimum absolute atomic E-state index is 0.101. The molecular formula is C23H32N2O6. The minimum atomic E-state index is -1.02. The molecule has 170 valence electrons. The van der Waals surface area contributed by atoms with Crippen molar-refractivity contribution < 1.29 is 28.7 Å². The van der Waals surface area contributed by atoms with Gasteiger partial charge in [-0.3, -0.25) is 14.5 Å². The summed E-state index contributed by atoms with van der Waals surface area (Å²) in [6.07, 6.45) is 7.03. The second-order valence-corrected chi connectivity index (χ2v) is 7.28. The predicted octanol–water partition coefficient (Wildman–Crippen LogP) is 3.77. The summed E-state index contributed by atoms with van der Waals surface area (Å²) >= 11 is 0. The fourth-order valence-corrected chi connectivity index (χ4v) is 3.26. The molecule has 8 nitrogen and oxygen atoms in total. The van der Waals surface area contributed by atoms with Gasteiger partial charge in [-0.15, -0.1) is 5.06 Å². The average molecular weight is 433 g/mol. The fourth-order valence-electron chi connectivity index (χ4n) is 3.26. The highest BCUT2D eigenvalue weighted by Crippen LogP contribution is 2.24. The van der Waals surface area contributed by atoms with E-state index >= 15 is 0 Å². The Balaban J connectivity index is 2.02. The summed E-state index contributed by atoms with van der Waals surface area (Å²) in [4.78, 5) is 43.9. The van der Waals surface area contributed by atoms with E-state index in [2.05, 4.69) is 6.92 Å². The molecule has 2 rings (SSSR count). The quantitative estimate of drug-likeness (QED) is 0.204. The van der Waals surface area contributed by atoms with Crippen LogP contribution in [0.4, 0.5) is 4.79 Å². The van der Waals surface area contributed by atoms with Gasteiger partial charge in [-0.2, -0.15) is 0 Å². The van der Waals surface area contributed by atoms with Crippen molar-refractivity contribution >= 4 is 24.0 Å². The SMILES string of the molecule is CCCCCCCCOC(=O)C(CN1C(=O)N(OC)C(=O)C1=Cc1ccccc1)OC. The molecule has 0 aromatic heterocycles. The third-order valence-corrected chi connectivity index (χ3v) is 5.02. The van der Waals surface area contributed by atoms with Crippen LogP contribution in [0.1, 0.15) is 51.0 Å². The van der Waals surface area contributed by atoms with E-state index in [4.69, 9.17) is 14.3 Å². The highest BCUT2D eigenvalue weighted by Gasteiger charge is 2.43. The molecule has 1 unspecified atom stereocenters. The second kappa shape index (κ2) is 12.9. The molecule has 0 saturated carbocycles. The standard InChI is InChI=1S/C23H32N2O6/c1-4-5-6-7-8-12-15-31-22(27)20(29-2)17-24-19(16-18-13-10-9-11-14-18)21(26)25(30-3)23(24)28/h9-11,13-14,16,20H,4-8,12,15,17H2,1-3H3. The molecule has 31 heavy (non-hydrogen) atoms. The number of urea groups is 1. The Morgan fingerprint density at radius 1 is 1.03 bits per heavy atom. The molecule has 1 saturated heterocycles. The van der Waals surface area contributed by atoms with E-state index in [1.165, 1.54) is 38.4 Å². The van der Waals surface area contributed by atoms with Crippen LogP contribution in [0.5, 0.6) is 0 Å². The van der Waals surface area contributed by atoms with Gasteiger partial charge in [-0.25, -0.2) is 9.59 Å². The topological polar surface area (TPSA) is 85.4 Å². The normalized spacial score (nSPS) is 16.3. The number of esters is 1. The van der Waals surface area contributed by atoms with E-state index in [-0.39, 0.29) is 12.2 Å². The van der Waals surface area contributed by atoms with Gasteiger partial charge in [0.05, 0.1) is 20.3 Å². The van der Waals surface area contributed by atoms with Gasteiger partial charge < -0.3 is 9.47 Å². The number of hydrogen-bond acceptors (Lipinski definition) is 6. The van der Waals surface area contributed by atoms with Crippen molar-refractivity contribution in [2.24, 2.45) is 0 Å². The van der Waals surface area contributed by atoms with Crippen molar-refractivity contribution in [3.8, 4) is 0 Å². The molecule has 1 fully saturated rings. The fraction of sp³-hybridized carbons (Fsp3) is 0.522. The monoisotopic (exact) mass is 432 g/mol. The summed E-state index contributed by atoms with van der Waals surface area (Å²) in [6, 6.07) is 8.43.